The van der Waals surface area contributed by atoms with E-state index >= 15 is 0 Å². The Hall–Kier alpha value is -1.55. The zero-order chi connectivity index (χ0) is 14.7. The Morgan fingerprint density at radius 3 is 2.65 bits per heavy atom. The fourth-order valence-corrected chi connectivity index (χ4v) is 2.64. The number of hydrogen-bond acceptors (Lipinski definition) is 4. The van der Waals surface area contributed by atoms with Crippen LogP contribution in [0.4, 0.5) is 0 Å². The third kappa shape index (κ3) is 3.31. The monoisotopic (exact) mass is 272 g/mol. The topological polar surface area (TPSA) is 63.3 Å². The highest BCUT2D eigenvalue weighted by molar-refractivity contribution is 6.52. The van der Waals surface area contributed by atoms with E-state index in [-0.39, 0.29) is 6.04 Å². The summed E-state index contributed by atoms with van der Waals surface area (Å²) in [6.45, 7) is 5.90. The lowest BCUT2D eigenvalue weighted by atomic mass is 9.83. The van der Waals surface area contributed by atoms with Gasteiger partial charge in [-0.05, 0) is 64.4 Å². The molecular weight excluding hydrogens is 248 g/mol. The molecule has 0 aromatic carbocycles. The Balaban J connectivity index is 2.24. The molecule has 1 atom stereocenters. The maximum atomic E-state index is 8.13. The summed E-state index contributed by atoms with van der Waals surface area (Å²) in [4.78, 5) is 6.98. The highest BCUT2D eigenvalue weighted by atomic mass is 15.1. The normalized spacial score (nSPS) is 24.9. The van der Waals surface area contributed by atoms with Crippen LogP contribution in [0.15, 0.2) is 28.8 Å². The standard InChI is InChI=1S/C16H24N4/c1-11(17)12(2)19-16-14(5-4-6-15(16)18)13-7-9-20(3)10-8-13/h4-6,12-13,17-18H,7-10H2,1-3H3/b17-11?,18-15?,19-16-. The number of piperidine rings is 1. The molecule has 0 radical (unpaired) electrons. The molecule has 1 aliphatic carbocycles. The summed E-state index contributed by atoms with van der Waals surface area (Å²) in [6, 6.07) is -0.147. The van der Waals surface area contributed by atoms with E-state index in [2.05, 4.69) is 23.0 Å². The molecule has 1 heterocycles. The van der Waals surface area contributed by atoms with E-state index in [4.69, 9.17) is 10.8 Å². The summed E-state index contributed by atoms with van der Waals surface area (Å²) in [6.07, 6.45) is 8.11. The zero-order valence-electron chi connectivity index (χ0n) is 12.6. The first-order valence-corrected chi connectivity index (χ1v) is 7.28. The first-order chi connectivity index (χ1) is 9.49. The van der Waals surface area contributed by atoms with Crippen LogP contribution in [0.5, 0.6) is 0 Å². The molecule has 0 saturated carbocycles. The predicted molar refractivity (Wildman–Crippen MR) is 85.5 cm³/mol. The molecule has 4 nitrogen and oxygen atoms in total. The minimum absolute atomic E-state index is 0.147. The summed E-state index contributed by atoms with van der Waals surface area (Å²) in [5, 5.41) is 15.8. The number of rotatable bonds is 3. The number of nitrogens with one attached hydrogen (secondary N) is 2. The van der Waals surface area contributed by atoms with Crippen molar-refractivity contribution in [3.8, 4) is 0 Å². The quantitative estimate of drug-likeness (QED) is 0.602. The van der Waals surface area contributed by atoms with Gasteiger partial charge in [0.25, 0.3) is 0 Å². The Bertz CT molecular complexity index is 491. The van der Waals surface area contributed by atoms with Crippen LogP contribution in [-0.4, -0.2) is 48.2 Å². The van der Waals surface area contributed by atoms with Crippen molar-refractivity contribution in [3.05, 3.63) is 23.8 Å². The Kier molecular flexibility index (Phi) is 4.65. The van der Waals surface area contributed by atoms with Crippen molar-refractivity contribution in [2.24, 2.45) is 10.9 Å². The van der Waals surface area contributed by atoms with Gasteiger partial charge >= 0.3 is 0 Å². The van der Waals surface area contributed by atoms with Gasteiger partial charge in [-0.15, -0.1) is 0 Å². The Morgan fingerprint density at radius 2 is 2.05 bits per heavy atom. The molecule has 2 N–H and O–H groups in total. The molecule has 1 saturated heterocycles. The Morgan fingerprint density at radius 1 is 1.40 bits per heavy atom. The number of allylic oxidation sites excluding steroid dienone is 4. The summed E-state index contributed by atoms with van der Waals surface area (Å²) in [5.74, 6) is 0.494. The molecule has 2 aliphatic rings. The van der Waals surface area contributed by atoms with Gasteiger partial charge in [-0.25, -0.2) is 0 Å². The van der Waals surface area contributed by atoms with E-state index in [1.807, 2.05) is 13.0 Å². The summed E-state index contributed by atoms with van der Waals surface area (Å²) < 4.78 is 0. The van der Waals surface area contributed by atoms with Crippen LogP contribution in [0.25, 0.3) is 0 Å². The summed E-state index contributed by atoms with van der Waals surface area (Å²) in [5.41, 5.74) is 3.01. The molecule has 108 valence electrons. The van der Waals surface area contributed by atoms with E-state index in [0.717, 1.165) is 31.6 Å². The van der Waals surface area contributed by atoms with Gasteiger partial charge in [-0.3, -0.25) is 10.4 Å². The zero-order valence-corrected chi connectivity index (χ0v) is 12.6. The maximum absolute atomic E-state index is 8.13. The van der Waals surface area contributed by atoms with Crippen LogP contribution < -0.4 is 0 Å². The van der Waals surface area contributed by atoms with E-state index in [1.54, 1.807) is 13.0 Å². The minimum Gasteiger partial charge on any atom is -0.308 e. The predicted octanol–water partition coefficient (Wildman–Crippen LogP) is 2.71. The van der Waals surface area contributed by atoms with Gasteiger partial charge in [-0.2, -0.15) is 0 Å². The maximum Gasteiger partial charge on any atom is 0.0866 e. The number of nitrogens with zero attached hydrogens (tertiary/aromatic N) is 2. The van der Waals surface area contributed by atoms with Crippen molar-refractivity contribution in [2.75, 3.05) is 20.1 Å². The van der Waals surface area contributed by atoms with Crippen LogP contribution in [0.3, 0.4) is 0 Å². The molecule has 20 heavy (non-hydrogen) atoms. The van der Waals surface area contributed by atoms with Crippen molar-refractivity contribution >= 4 is 17.1 Å². The highest BCUT2D eigenvalue weighted by Gasteiger charge is 2.26. The smallest absolute Gasteiger partial charge is 0.0866 e. The van der Waals surface area contributed by atoms with E-state index in [0.29, 0.717) is 17.3 Å². The van der Waals surface area contributed by atoms with Crippen LogP contribution >= 0.6 is 0 Å². The molecule has 1 fully saturated rings. The molecule has 0 aromatic heterocycles. The van der Waals surface area contributed by atoms with E-state index < -0.39 is 0 Å². The molecular formula is C16H24N4. The third-order valence-corrected chi connectivity index (χ3v) is 4.18. The fourth-order valence-electron chi connectivity index (χ4n) is 2.64. The lowest BCUT2D eigenvalue weighted by Gasteiger charge is -2.32. The average Bonchev–Trinajstić information content (AvgIpc) is 2.42. The average molecular weight is 272 g/mol. The van der Waals surface area contributed by atoms with Crippen LogP contribution in [0, 0.1) is 16.7 Å². The molecule has 0 spiro atoms. The fraction of sp³-hybridized carbons (Fsp3) is 0.562. The van der Waals surface area contributed by atoms with Gasteiger partial charge in [0.05, 0.1) is 17.5 Å². The first-order valence-electron chi connectivity index (χ1n) is 7.28. The largest absolute Gasteiger partial charge is 0.308 e. The lowest BCUT2D eigenvalue weighted by molar-refractivity contribution is 0.241. The lowest BCUT2D eigenvalue weighted by Crippen LogP contribution is -2.34. The van der Waals surface area contributed by atoms with Gasteiger partial charge in [0, 0.05) is 5.71 Å². The van der Waals surface area contributed by atoms with E-state index in [9.17, 15) is 0 Å². The first kappa shape index (κ1) is 14.9. The molecule has 1 unspecified atom stereocenters. The minimum atomic E-state index is -0.147. The number of likely N-dealkylation sites (tertiary alicyclic amines) is 1. The highest BCUT2D eigenvalue weighted by Crippen LogP contribution is 2.27. The molecule has 2 rings (SSSR count). The summed E-state index contributed by atoms with van der Waals surface area (Å²) in [7, 11) is 2.16. The second kappa shape index (κ2) is 6.27. The SMILES string of the molecule is CC(=N)C(C)/N=C1\C(=N)C=CC=C1C1CCN(C)CC1. The van der Waals surface area contributed by atoms with Gasteiger partial charge in [0.15, 0.2) is 0 Å². The molecule has 0 amide bonds. The molecule has 4 heteroatoms. The molecule has 0 aromatic rings. The second-order valence-corrected chi connectivity index (χ2v) is 5.81. The van der Waals surface area contributed by atoms with Gasteiger partial charge in [-0.1, -0.05) is 12.2 Å². The van der Waals surface area contributed by atoms with Crippen LogP contribution in [0.1, 0.15) is 26.7 Å². The van der Waals surface area contributed by atoms with Gasteiger partial charge in [0.2, 0.25) is 0 Å². The van der Waals surface area contributed by atoms with Crippen molar-refractivity contribution in [2.45, 2.75) is 32.7 Å². The van der Waals surface area contributed by atoms with Gasteiger partial charge < -0.3 is 10.3 Å². The molecule has 0 bridgehead atoms. The van der Waals surface area contributed by atoms with Crippen molar-refractivity contribution in [3.63, 3.8) is 0 Å². The van der Waals surface area contributed by atoms with Crippen LogP contribution in [0.2, 0.25) is 0 Å². The summed E-state index contributed by atoms with van der Waals surface area (Å²) >= 11 is 0. The van der Waals surface area contributed by atoms with Crippen LogP contribution in [-0.2, 0) is 0 Å². The Labute approximate surface area is 121 Å². The van der Waals surface area contributed by atoms with Gasteiger partial charge in [0.1, 0.15) is 0 Å². The van der Waals surface area contributed by atoms with Crippen molar-refractivity contribution in [1.29, 1.82) is 10.8 Å². The second-order valence-electron chi connectivity index (χ2n) is 5.81. The van der Waals surface area contributed by atoms with E-state index in [1.165, 1.54) is 5.57 Å². The number of aliphatic imine (C=N–C) groups is 1. The third-order valence-electron chi connectivity index (χ3n) is 4.18. The van der Waals surface area contributed by atoms with Crippen molar-refractivity contribution in [1.82, 2.24) is 4.90 Å². The van der Waals surface area contributed by atoms with Crippen molar-refractivity contribution < 1.29 is 0 Å². The molecule has 1 aliphatic heterocycles. The number of hydrogen-bond donors (Lipinski definition) is 2.